The zero-order valence-corrected chi connectivity index (χ0v) is 17.8. The highest BCUT2D eigenvalue weighted by Gasteiger charge is 2.32. The molecule has 4 rings (SSSR count). The van der Waals surface area contributed by atoms with E-state index in [1.807, 2.05) is 25.1 Å². The Hall–Kier alpha value is -3.69. The minimum Gasteiger partial charge on any atom is -0.478 e. The highest BCUT2D eigenvalue weighted by Crippen LogP contribution is 2.39. The Balaban J connectivity index is 1.70. The summed E-state index contributed by atoms with van der Waals surface area (Å²) in [6.45, 7) is 1.87. The number of aryl methyl sites for hydroxylation is 2. The van der Waals surface area contributed by atoms with Crippen molar-refractivity contribution in [1.29, 1.82) is 5.26 Å². The van der Waals surface area contributed by atoms with Crippen molar-refractivity contribution < 1.29 is 14.3 Å². The first kappa shape index (κ1) is 21.5. The van der Waals surface area contributed by atoms with Gasteiger partial charge in [0.1, 0.15) is 5.82 Å². The molecular weight excluding hydrogens is 405 g/mol. The number of anilines is 1. The molecule has 0 aromatic heterocycles. The van der Waals surface area contributed by atoms with Gasteiger partial charge in [-0.2, -0.15) is 5.26 Å². The number of carboxylic acid groups (broad SMARTS) is 1. The van der Waals surface area contributed by atoms with Gasteiger partial charge in [0, 0.05) is 0 Å². The number of hydrogen-bond donors (Lipinski definition) is 2. The molecule has 6 heteroatoms. The van der Waals surface area contributed by atoms with Crippen LogP contribution in [0.5, 0.6) is 0 Å². The molecule has 32 heavy (non-hydrogen) atoms. The van der Waals surface area contributed by atoms with Crippen LogP contribution < -0.4 is 10.9 Å². The fourth-order valence-corrected chi connectivity index (χ4v) is 4.60. The number of carbonyl (C=O) groups is 1. The fraction of sp³-hybridized carbons (Fsp3) is 0.231. The average Bonchev–Trinajstić information content (AvgIpc) is 2.79. The molecule has 0 spiro atoms. The molecule has 1 aliphatic rings. The van der Waals surface area contributed by atoms with Gasteiger partial charge in [-0.15, -0.1) is 0 Å². The summed E-state index contributed by atoms with van der Waals surface area (Å²) < 4.78 is 13.6. The van der Waals surface area contributed by atoms with Gasteiger partial charge in [0.15, 0.2) is 0 Å². The quantitative estimate of drug-likeness (QED) is 0.443. The van der Waals surface area contributed by atoms with E-state index in [0.717, 1.165) is 47.2 Å². The van der Waals surface area contributed by atoms with Crippen LogP contribution in [0.1, 0.15) is 50.6 Å². The second-order valence-corrected chi connectivity index (χ2v) is 8.31. The lowest BCUT2D eigenvalue weighted by Crippen LogP contribution is -2.41. The molecule has 0 bridgehead atoms. The monoisotopic (exact) mass is 429 g/mol. The predicted octanol–water partition coefficient (Wildman–Crippen LogP) is 4.93. The topological polar surface area (TPSA) is 90.3 Å². The number of carboxylic acids is 1. The van der Waals surface area contributed by atoms with Crippen molar-refractivity contribution in [3.63, 3.8) is 0 Å². The minimum atomic E-state index is -0.927. The van der Waals surface area contributed by atoms with Gasteiger partial charge < -0.3 is 10.1 Å². The lowest BCUT2D eigenvalue weighted by Gasteiger charge is -2.38. The molecule has 0 fully saturated rings. The number of hydrogen-bond acceptors (Lipinski definition) is 4. The molecule has 2 unspecified atom stereocenters. The van der Waals surface area contributed by atoms with E-state index < -0.39 is 5.97 Å². The molecule has 2 atom stereocenters. The summed E-state index contributed by atoms with van der Waals surface area (Å²) in [5.41, 5.74) is 5.59. The fourth-order valence-electron chi connectivity index (χ4n) is 4.60. The Bertz CT molecular complexity index is 1200. The molecule has 0 saturated carbocycles. The molecule has 0 heterocycles. The van der Waals surface area contributed by atoms with Gasteiger partial charge in [0.05, 0.1) is 28.9 Å². The summed E-state index contributed by atoms with van der Waals surface area (Å²) in [7, 11) is 0. The molecule has 0 saturated heterocycles. The average molecular weight is 429 g/mol. The van der Waals surface area contributed by atoms with Crippen molar-refractivity contribution in [2.24, 2.45) is 11.8 Å². The number of nitriles is 1. The van der Waals surface area contributed by atoms with Crippen molar-refractivity contribution in [3.05, 3.63) is 99.9 Å². The highest BCUT2D eigenvalue weighted by molar-refractivity contribution is 5.87. The van der Waals surface area contributed by atoms with E-state index in [4.69, 9.17) is 5.84 Å². The summed E-state index contributed by atoms with van der Waals surface area (Å²) in [6.07, 6.45) is 2.31. The maximum atomic E-state index is 13.6. The zero-order valence-electron chi connectivity index (χ0n) is 17.8. The van der Waals surface area contributed by atoms with Crippen molar-refractivity contribution in [3.8, 4) is 6.07 Å². The van der Waals surface area contributed by atoms with Crippen LogP contribution in [-0.4, -0.2) is 11.1 Å². The van der Waals surface area contributed by atoms with E-state index in [1.165, 1.54) is 12.1 Å². The first-order valence-electron chi connectivity index (χ1n) is 10.5. The number of nitrogens with two attached hydrogens (primary N) is 1. The molecule has 3 N–H and O–H groups in total. The second-order valence-electron chi connectivity index (χ2n) is 8.31. The van der Waals surface area contributed by atoms with Crippen LogP contribution in [0, 0.1) is 30.0 Å². The third kappa shape index (κ3) is 4.20. The minimum absolute atomic E-state index is 0.143. The molecule has 5 nitrogen and oxygen atoms in total. The van der Waals surface area contributed by atoms with Crippen molar-refractivity contribution in [1.82, 2.24) is 0 Å². The molecule has 0 radical (unpaired) electrons. The van der Waals surface area contributed by atoms with Crippen LogP contribution >= 0.6 is 0 Å². The van der Waals surface area contributed by atoms with Gasteiger partial charge >= 0.3 is 5.97 Å². The Kier molecular flexibility index (Phi) is 5.93. The van der Waals surface area contributed by atoms with Crippen molar-refractivity contribution >= 4 is 11.7 Å². The normalized spacial score (nSPS) is 16.0. The maximum absolute atomic E-state index is 13.6. The van der Waals surface area contributed by atoms with Crippen LogP contribution in [0.15, 0.2) is 60.7 Å². The highest BCUT2D eigenvalue weighted by atomic mass is 19.1. The standard InChI is InChI=1S/C26H24FN3O2/c1-16-12-24(11-8-22(16)15-28)30(29)25(17-6-9-23(27)10-7-17)20-4-2-19-14-21(26(31)32)5-3-18(19)13-20/h3,5-12,14,20,25H,2,4,13,29H2,1H3,(H,31,32). The summed E-state index contributed by atoms with van der Waals surface area (Å²) in [6, 6.07) is 19.1. The summed E-state index contributed by atoms with van der Waals surface area (Å²) in [5.74, 6) is 5.57. The number of aromatic carboxylic acids is 1. The molecule has 3 aromatic rings. The number of nitrogens with zero attached hydrogens (tertiary/aromatic N) is 2. The first-order valence-corrected chi connectivity index (χ1v) is 10.5. The van der Waals surface area contributed by atoms with Crippen LogP contribution in [0.4, 0.5) is 10.1 Å². The summed E-state index contributed by atoms with van der Waals surface area (Å²) in [4.78, 5) is 11.3. The number of fused-ring (bicyclic) bond motifs is 1. The molecule has 3 aromatic carbocycles. The third-order valence-corrected chi connectivity index (χ3v) is 6.31. The van der Waals surface area contributed by atoms with Gasteiger partial charge in [-0.25, -0.2) is 15.0 Å². The van der Waals surface area contributed by atoms with Crippen LogP contribution in [0.2, 0.25) is 0 Å². The van der Waals surface area contributed by atoms with Gasteiger partial charge in [0.2, 0.25) is 0 Å². The first-order chi connectivity index (χ1) is 15.4. The SMILES string of the molecule is Cc1cc(N(N)C(c2ccc(F)cc2)C2CCc3cc(C(=O)O)ccc3C2)ccc1C#N. The maximum Gasteiger partial charge on any atom is 0.335 e. The zero-order chi connectivity index (χ0) is 22.8. The lowest BCUT2D eigenvalue weighted by atomic mass is 9.77. The van der Waals surface area contributed by atoms with E-state index in [0.29, 0.717) is 11.1 Å². The molecule has 0 amide bonds. The van der Waals surface area contributed by atoms with E-state index in [-0.39, 0.29) is 17.8 Å². The van der Waals surface area contributed by atoms with Gasteiger partial charge in [-0.3, -0.25) is 0 Å². The van der Waals surface area contributed by atoms with Crippen molar-refractivity contribution in [2.75, 3.05) is 5.01 Å². The molecule has 0 aliphatic heterocycles. The Morgan fingerprint density at radius 2 is 1.91 bits per heavy atom. The smallest absolute Gasteiger partial charge is 0.335 e. The van der Waals surface area contributed by atoms with E-state index >= 15 is 0 Å². The van der Waals surface area contributed by atoms with Crippen LogP contribution in [-0.2, 0) is 12.8 Å². The van der Waals surface area contributed by atoms with Crippen LogP contribution in [0.3, 0.4) is 0 Å². The third-order valence-electron chi connectivity index (χ3n) is 6.31. The van der Waals surface area contributed by atoms with Gasteiger partial charge in [0.25, 0.3) is 0 Å². The van der Waals surface area contributed by atoms with E-state index in [1.54, 1.807) is 35.3 Å². The van der Waals surface area contributed by atoms with Crippen LogP contribution in [0.25, 0.3) is 0 Å². The number of benzene rings is 3. The molecule has 162 valence electrons. The number of halogens is 1. The number of hydrazine groups is 1. The van der Waals surface area contributed by atoms with E-state index in [9.17, 15) is 19.6 Å². The molecule has 1 aliphatic carbocycles. The largest absolute Gasteiger partial charge is 0.478 e. The Morgan fingerprint density at radius 1 is 1.16 bits per heavy atom. The summed E-state index contributed by atoms with van der Waals surface area (Å²) >= 11 is 0. The van der Waals surface area contributed by atoms with Gasteiger partial charge in [-0.05, 0) is 96.8 Å². The number of rotatable bonds is 5. The predicted molar refractivity (Wildman–Crippen MR) is 121 cm³/mol. The Labute approximate surface area is 186 Å². The van der Waals surface area contributed by atoms with E-state index in [2.05, 4.69) is 6.07 Å². The van der Waals surface area contributed by atoms with Crippen molar-refractivity contribution in [2.45, 2.75) is 32.2 Å². The second kappa shape index (κ2) is 8.81. The molecular formula is C26H24FN3O2. The Morgan fingerprint density at radius 3 is 2.56 bits per heavy atom. The van der Waals surface area contributed by atoms with Gasteiger partial charge in [-0.1, -0.05) is 18.2 Å². The lowest BCUT2D eigenvalue weighted by molar-refractivity contribution is 0.0696. The summed E-state index contributed by atoms with van der Waals surface area (Å²) in [5, 5.41) is 20.2.